The molecule has 0 spiro atoms. The second-order valence-electron chi connectivity index (χ2n) is 2.80. The molecule has 0 atom stereocenters. The fourth-order valence-electron chi connectivity index (χ4n) is 1.06. The zero-order chi connectivity index (χ0) is 8.32. The van der Waals surface area contributed by atoms with Crippen LogP contribution in [-0.2, 0) is 10.0 Å². The van der Waals surface area contributed by atoms with E-state index in [-0.39, 0.29) is 5.75 Å². The van der Waals surface area contributed by atoms with E-state index in [0.29, 0.717) is 12.5 Å². The van der Waals surface area contributed by atoms with Gasteiger partial charge >= 0.3 is 0 Å². The molecule has 2 N–H and O–H groups in total. The molecule has 11 heavy (non-hydrogen) atoms. The Hall–Kier alpha value is -0.130. The number of rotatable bonds is 4. The van der Waals surface area contributed by atoms with Crippen molar-refractivity contribution in [1.82, 2.24) is 10.0 Å². The van der Waals surface area contributed by atoms with Gasteiger partial charge in [-0.15, -0.1) is 0 Å². The number of hydrogen-bond donors (Lipinski definition) is 2. The van der Waals surface area contributed by atoms with E-state index in [1.54, 1.807) is 6.92 Å². The van der Waals surface area contributed by atoms with Crippen LogP contribution < -0.4 is 10.0 Å². The van der Waals surface area contributed by atoms with E-state index in [1.165, 1.54) is 0 Å². The minimum atomic E-state index is -2.98. The highest BCUT2D eigenvalue weighted by Gasteiger charge is 2.23. The van der Waals surface area contributed by atoms with Gasteiger partial charge in [-0.25, -0.2) is 13.1 Å². The lowest BCUT2D eigenvalue weighted by molar-refractivity contribution is 0.377. The SMILES string of the molecule is CCNS(=O)(=O)CC1CNC1. The molecule has 4 nitrogen and oxygen atoms in total. The summed E-state index contributed by atoms with van der Waals surface area (Å²) in [7, 11) is -2.98. The molecule has 0 aromatic carbocycles. The minimum absolute atomic E-state index is 0.272. The fourth-order valence-corrected chi connectivity index (χ4v) is 2.47. The second kappa shape index (κ2) is 3.51. The molecule has 66 valence electrons. The molecule has 0 unspecified atom stereocenters. The Bertz CT molecular complexity index is 209. The van der Waals surface area contributed by atoms with Crippen LogP contribution in [0.2, 0.25) is 0 Å². The first-order valence-corrected chi connectivity index (χ1v) is 5.47. The van der Waals surface area contributed by atoms with Crippen molar-refractivity contribution in [1.29, 1.82) is 0 Å². The van der Waals surface area contributed by atoms with E-state index in [1.807, 2.05) is 0 Å². The van der Waals surface area contributed by atoms with Crippen molar-refractivity contribution < 1.29 is 8.42 Å². The van der Waals surface area contributed by atoms with E-state index >= 15 is 0 Å². The topological polar surface area (TPSA) is 58.2 Å². The van der Waals surface area contributed by atoms with Gasteiger partial charge in [0.25, 0.3) is 0 Å². The average Bonchev–Trinajstić information content (AvgIpc) is 1.79. The smallest absolute Gasteiger partial charge is 0.211 e. The Labute approximate surface area is 67.4 Å². The Morgan fingerprint density at radius 1 is 1.55 bits per heavy atom. The van der Waals surface area contributed by atoms with Crippen molar-refractivity contribution in [2.24, 2.45) is 5.92 Å². The first-order valence-electron chi connectivity index (χ1n) is 3.82. The van der Waals surface area contributed by atoms with Gasteiger partial charge in [0.2, 0.25) is 10.0 Å². The van der Waals surface area contributed by atoms with E-state index in [2.05, 4.69) is 10.0 Å². The second-order valence-corrected chi connectivity index (χ2v) is 4.66. The van der Waals surface area contributed by atoms with Gasteiger partial charge in [0.15, 0.2) is 0 Å². The molecule has 0 aliphatic carbocycles. The van der Waals surface area contributed by atoms with Crippen molar-refractivity contribution in [3.63, 3.8) is 0 Å². The van der Waals surface area contributed by atoms with E-state index in [4.69, 9.17) is 0 Å². The van der Waals surface area contributed by atoms with Gasteiger partial charge in [-0.3, -0.25) is 0 Å². The average molecular weight is 178 g/mol. The first-order chi connectivity index (χ1) is 5.14. The van der Waals surface area contributed by atoms with E-state index in [9.17, 15) is 8.42 Å². The third-order valence-electron chi connectivity index (χ3n) is 1.69. The fraction of sp³-hybridized carbons (Fsp3) is 1.00. The summed E-state index contributed by atoms with van der Waals surface area (Å²) in [5.41, 5.74) is 0. The van der Waals surface area contributed by atoms with Gasteiger partial charge < -0.3 is 5.32 Å². The lowest BCUT2D eigenvalue weighted by Crippen LogP contribution is -2.47. The van der Waals surface area contributed by atoms with Gasteiger partial charge in [-0.1, -0.05) is 6.92 Å². The van der Waals surface area contributed by atoms with E-state index in [0.717, 1.165) is 13.1 Å². The van der Waals surface area contributed by atoms with Crippen molar-refractivity contribution in [2.45, 2.75) is 6.92 Å². The summed E-state index contributed by atoms with van der Waals surface area (Å²) in [5, 5.41) is 3.03. The maximum atomic E-state index is 11.1. The first kappa shape index (κ1) is 8.96. The largest absolute Gasteiger partial charge is 0.316 e. The molecule has 1 aliphatic rings. The highest BCUT2D eigenvalue weighted by Crippen LogP contribution is 2.05. The van der Waals surface area contributed by atoms with Crippen LogP contribution in [-0.4, -0.2) is 33.8 Å². The van der Waals surface area contributed by atoms with Gasteiger partial charge in [-0.2, -0.15) is 0 Å². The third-order valence-corrected chi connectivity index (χ3v) is 3.32. The molecule has 0 radical (unpaired) electrons. The van der Waals surface area contributed by atoms with Gasteiger partial charge in [-0.05, 0) is 5.92 Å². The van der Waals surface area contributed by atoms with Crippen LogP contribution in [0.25, 0.3) is 0 Å². The molecule has 5 heteroatoms. The summed E-state index contributed by atoms with van der Waals surface area (Å²) < 4.78 is 24.7. The minimum Gasteiger partial charge on any atom is -0.316 e. The normalized spacial score (nSPS) is 19.7. The van der Waals surface area contributed by atoms with Gasteiger partial charge in [0.05, 0.1) is 5.75 Å². The molecule has 0 amide bonds. The zero-order valence-electron chi connectivity index (χ0n) is 6.63. The molecular formula is C6H14N2O2S. The van der Waals surface area contributed by atoms with Gasteiger partial charge in [0, 0.05) is 19.6 Å². The molecule has 1 rings (SSSR count). The predicted molar refractivity (Wildman–Crippen MR) is 43.8 cm³/mol. The summed E-state index contributed by atoms with van der Waals surface area (Å²) in [6.45, 7) is 3.95. The summed E-state index contributed by atoms with van der Waals surface area (Å²) in [4.78, 5) is 0. The zero-order valence-corrected chi connectivity index (χ0v) is 7.45. The van der Waals surface area contributed by atoms with Crippen LogP contribution in [0.5, 0.6) is 0 Å². The van der Waals surface area contributed by atoms with Crippen LogP contribution >= 0.6 is 0 Å². The third kappa shape index (κ3) is 2.76. The molecule has 0 saturated carbocycles. The molecule has 1 aliphatic heterocycles. The van der Waals surface area contributed by atoms with Crippen molar-refractivity contribution in [3.8, 4) is 0 Å². The monoisotopic (exact) mass is 178 g/mol. The summed E-state index contributed by atoms with van der Waals surface area (Å²) in [6.07, 6.45) is 0. The molecule has 1 fully saturated rings. The Kier molecular flexibility index (Phi) is 2.86. The van der Waals surface area contributed by atoms with Crippen LogP contribution in [0.3, 0.4) is 0 Å². The number of hydrogen-bond acceptors (Lipinski definition) is 3. The van der Waals surface area contributed by atoms with Crippen molar-refractivity contribution >= 4 is 10.0 Å². The highest BCUT2D eigenvalue weighted by atomic mass is 32.2. The van der Waals surface area contributed by atoms with Gasteiger partial charge in [0.1, 0.15) is 0 Å². The Balaban J connectivity index is 2.33. The summed E-state index contributed by atoms with van der Waals surface area (Å²) >= 11 is 0. The molecule has 0 aromatic heterocycles. The lowest BCUT2D eigenvalue weighted by atomic mass is 10.1. The molecule has 0 bridgehead atoms. The Morgan fingerprint density at radius 2 is 2.18 bits per heavy atom. The standard InChI is InChI=1S/C6H14N2O2S/c1-2-8-11(9,10)5-6-3-7-4-6/h6-8H,2-5H2,1H3. The predicted octanol–water partition coefficient (Wildman–Crippen LogP) is -0.855. The summed E-state index contributed by atoms with van der Waals surface area (Å²) in [5.74, 6) is 0.590. The van der Waals surface area contributed by atoms with Crippen molar-refractivity contribution in [2.75, 3.05) is 25.4 Å². The number of nitrogens with one attached hydrogen (secondary N) is 2. The maximum Gasteiger partial charge on any atom is 0.211 e. The molecule has 1 heterocycles. The van der Waals surface area contributed by atoms with Crippen LogP contribution in [0.15, 0.2) is 0 Å². The van der Waals surface area contributed by atoms with Crippen LogP contribution in [0.4, 0.5) is 0 Å². The maximum absolute atomic E-state index is 11.1. The Morgan fingerprint density at radius 3 is 2.55 bits per heavy atom. The van der Waals surface area contributed by atoms with Crippen LogP contribution in [0, 0.1) is 5.92 Å². The molecule has 1 saturated heterocycles. The number of sulfonamides is 1. The highest BCUT2D eigenvalue weighted by molar-refractivity contribution is 7.89. The molecule has 0 aromatic rings. The van der Waals surface area contributed by atoms with Crippen LogP contribution in [0.1, 0.15) is 6.92 Å². The molecular weight excluding hydrogens is 164 g/mol. The van der Waals surface area contributed by atoms with Crippen molar-refractivity contribution in [3.05, 3.63) is 0 Å². The summed E-state index contributed by atoms with van der Waals surface area (Å²) in [6, 6.07) is 0. The lowest BCUT2D eigenvalue weighted by Gasteiger charge is -2.26. The van der Waals surface area contributed by atoms with E-state index < -0.39 is 10.0 Å². The quantitative estimate of drug-likeness (QED) is 0.589.